The van der Waals surface area contributed by atoms with Crippen LogP contribution in [0.1, 0.15) is 5.56 Å². The van der Waals surface area contributed by atoms with Gasteiger partial charge in [-0.15, -0.1) is 11.8 Å². The largest absolute Gasteiger partial charge is 0.496 e. The first-order valence-electron chi connectivity index (χ1n) is 4.22. The Bertz CT molecular complexity index is 276. The predicted octanol–water partition coefficient (Wildman–Crippen LogP) is 1.92. The molecular formula is C10H15NOS. The van der Waals surface area contributed by atoms with Gasteiger partial charge in [-0.3, -0.25) is 0 Å². The molecule has 1 rings (SSSR count). The van der Waals surface area contributed by atoms with E-state index in [4.69, 9.17) is 10.5 Å². The highest BCUT2D eigenvalue weighted by molar-refractivity contribution is 7.98. The summed E-state index contributed by atoms with van der Waals surface area (Å²) in [5.74, 6) is 0.938. The average molecular weight is 197 g/mol. The third-order valence-corrected chi connectivity index (χ3v) is 2.64. The summed E-state index contributed by atoms with van der Waals surface area (Å²) in [6.45, 7) is 0.695. The minimum Gasteiger partial charge on any atom is -0.496 e. The van der Waals surface area contributed by atoms with E-state index in [2.05, 4.69) is 12.1 Å². The van der Waals surface area contributed by atoms with Crippen molar-refractivity contribution < 1.29 is 4.74 Å². The number of ether oxygens (including phenoxy) is 1. The Balaban J connectivity index is 2.91. The van der Waals surface area contributed by atoms with E-state index in [1.165, 1.54) is 10.5 Å². The lowest BCUT2D eigenvalue weighted by molar-refractivity contribution is 0.404. The van der Waals surface area contributed by atoms with Gasteiger partial charge in [0.25, 0.3) is 0 Å². The van der Waals surface area contributed by atoms with Crippen molar-refractivity contribution in [3.63, 3.8) is 0 Å². The van der Waals surface area contributed by atoms with Crippen molar-refractivity contribution >= 4 is 11.8 Å². The number of benzene rings is 1. The van der Waals surface area contributed by atoms with E-state index in [-0.39, 0.29) is 0 Å². The van der Waals surface area contributed by atoms with E-state index < -0.39 is 0 Å². The van der Waals surface area contributed by atoms with E-state index in [0.717, 1.165) is 12.2 Å². The van der Waals surface area contributed by atoms with Crippen LogP contribution in [-0.2, 0) is 6.42 Å². The highest BCUT2D eigenvalue weighted by Gasteiger charge is 2.02. The molecule has 0 saturated carbocycles. The molecule has 0 bridgehead atoms. The van der Waals surface area contributed by atoms with Crippen molar-refractivity contribution in [2.24, 2.45) is 5.73 Å². The Hall–Kier alpha value is -0.670. The third kappa shape index (κ3) is 2.64. The second-order valence-corrected chi connectivity index (χ2v) is 3.58. The summed E-state index contributed by atoms with van der Waals surface area (Å²) in [7, 11) is 1.69. The van der Waals surface area contributed by atoms with Crippen LogP contribution < -0.4 is 10.5 Å². The quantitative estimate of drug-likeness (QED) is 0.749. The molecule has 0 aliphatic carbocycles. The van der Waals surface area contributed by atoms with Crippen LogP contribution in [0.5, 0.6) is 5.75 Å². The summed E-state index contributed by atoms with van der Waals surface area (Å²) in [5.41, 5.74) is 6.76. The maximum Gasteiger partial charge on any atom is 0.132 e. The van der Waals surface area contributed by atoms with E-state index in [1.54, 1.807) is 18.9 Å². The molecule has 2 nitrogen and oxygen atoms in total. The second-order valence-electron chi connectivity index (χ2n) is 2.73. The number of rotatable bonds is 4. The van der Waals surface area contributed by atoms with Crippen LogP contribution in [0.25, 0.3) is 0 Å². The van der Waals surface area contributed by atoms with Crippen LogP contribution in [0.4, 0.5) is 0 Å². The molecule has 2 N–H and O–H groups in total. The van der Waals surface area contributed by atoms with Crippen LogP contribution in [0.15, 0.2) is 23.1 Å². The van der Waals surface area contributed by atoms with Crippen LogP contribution in [0, 0.1) is 0 Å². The summed E-state index contributed by atoms with van der Waals surface area (Å²) in [6, 6.07) is 6.19. The first-order valence-corrected chi connectivity index (χ1v) is 5.45. The van der Waals surface area contributed by atoms with Crippen molar-refractivity contribution in [3.8, 4) is 5.75 Å². The summed E-state index contributed by atoms with van der Waals surface area (Å²) in [4.78, 5) is 1.17. The van der Waals surface area contributed by atoms with Crippen LogP contribution in [0.3, 0.4) is 0 Å². The molecule has 0 unspecified atom stereocenters. The van der Waals surface area contributed by atoms with Gasteiger partial charge in [0.05, 0.1) is 7.11 Å². The highest BCUT2D eigenvalue weighted by atomic mass is 32.2. The Morgan fingerprint density at radius 1 is 1.46 bits per heavy atom. The molecule has 0 aliphatic heterocycles. The third-order valence-electron chi connectivity index (χ3n) is 1.88. The molecule has 72 valence electrons. The lowest BCUT2D eigenvalue weighted by Crippen LogP contribution is -2.02. The maximum atomic E-state index is 5.48. The van der Waals surface area contributed by atoms with Crippen molar-refractivity contribution in [3.05, 3.63) is 23.8 Å². The fraction of sp³-hybridized carbons (Fsp3) is 0.400. The molecule has 0 aromatic heterocycles. The summed E-state index contributed by atoms with van der Waals surface area (Å²) >= 11 is 1.69. The van der Waals surface area contributed by atoms with Crippen molar-refractivity contribution in [2.75, 3.05) is 19.9 Å². The van der Waals surface area contributed by atoms with Gasteiger partial charge in [0.1, 0.15) is 5.75 Å². The molecule has 1 aromatic carbocycles. The minimum absolute atomic E-state index is 0.695. The molecule has 0 atom stereocenters. The van der Waals surface area contributed by atoms with Crippen LogP contribution >= 0.6 is 11.8 Å². The fourth-order valence-electron chi connectivity index (χ4n) is 1.20. The molecular weight excluding hydrogens is 182 g/mol. The molecule has 0 radical (unpaired) electrons. The lowest BCUT2D eigenvalue weighted by Gasteiger charge is -2.07. The molecule has 1 aromatic rings. The van der Waals surface area contributed by atoms with Crippen LogP contribution in [0.2, 0.25) is 0 Å². The Morgan fingerprint density at radius 2 is 2.23 bits per heavy atom. The molecule has 13 heavy (non-hydrogen) atoms. The lowest BCUT2D eigenvalue weighted by atomic mass is 10.1. The zero-order chi connectivity index (χ0) is 9.68. The van der Waals surface area contributed by atoms with Gasteiger partial charge in [0, 0.05) is 4.90 Å². The molecule has 0 amide bonds. The second kappa shape index (κ2) is 5.14. The normalized spacial score (nSPS) is 10.1. The molecule has 0 heterocycles. The topological polar surface area (TPSA) is 35.2 Å². The monoisotopic (exact) mass is 197 g/mol. The number of nitrogens with two attached hydrogens (primary N) is 1. The summed E-state index contributed by atoms with van der Waals surface area (Å²) in [5, 5.41) is 0. The molecule has 0 aliphatic rings. The Morgan fingerprint density at radius 3 is 2.77 bits per heavy atom. The first kappa shape index (κ1) is 10.4. The summed E-state index contributed by atoms with van der Waals surface area (Å²) < 4.78 is 5.22. The molecule has 0 spiro atoms. The maximum absolute atomic E-state index is 5.48. The van der Waals surface area contributed by atoms with Crippen molar-refractivity contribution in [1.29, 1.82) is 0 Å². The number of hydrogen-bond acceptors (Lipinski definition) is 3. The van der Waals surface area contributed by atoms with Gasteiger partial charge in [0.2, 0.25) is 0 Å². The SMILES string of the molecule is COc1ccc(CCN)cc1SC. The van der Waals surface area contributed by atoms with Gasteiger partial charge < -0.3 is 10.5 Å². The smallest absolute Gasteiger partial charge is 0.132 e. The fourth-order valence-corrected chi connectivity index (χ4v) is 1.82. The molecule has 3 heteroatoms. The molecule has 0 saturated heterocycles. The minimum atomic E-state index is 0.695. The standard InChI is InChI=1S/C10H15NOS/c1-12-9-4-3-8(5-6-11)7-10(9)13-2/h3-4,7H,5-6,11H2,1-2H3. The van der Waals surface area contributed by atoms with Gasteiger partial charge in [-0.2, -0.15) is 0 Å². The zero-order valence-electron chi connectivity index (χ0n) is 8.04. The summed E-state index contributed by atoms with van der Waals surface area (Å²) in [6.07, 6.45) is 2.97. The van der Waals surface area contributed by atoms with Gasteiger partial charge in [-0.25, -0.2) is 0 Å². The van der Waals surface area contributed by atoms with Gasteiger partial charge in [-0.05, 0) is 36.9 Å². The van der Waals surface area contributed by atoms with E-state index >= 15 is 0 Å². The van der Waals surface area contributed by atoms with Crippen LogP contribution in [-0.4, -0.2) is 19.9 Å². The highest BCUT2D eigenvalue weighted by Crippen LogP contribution is 2.28. The zero-order valence-corrected chi connectivity index (χ0v) is 8.86. The van der Waals surface area contributed by atoms with Gasteiger partial charge in [0.15, 0.2) is 0 Å². The Labute approximate surface area is 83.5 Å². The first-order chi connectivity index (χ1) is 6.31. The van der Waals surface area contributed by atoms with E-state index in [9.17, 15) is 0 Å². The van der Waals surface area contributed by atoms with Gasteiger partial charge in [-0.1, -0.05) is 6.07 Å². The molecule has 0 fully saturated rings. The van der Waals surface area contributed by atoms with Crippen molar-refractivity contribution in [2.45, 2.75) is 11.3 Å². The van der Waals surface area contributed by atoms with E-state index in [1.807, 2.05) is 12.3 Å². The average Bonchev–Trinajstić information content (AvgIpc) is 2.18. The number of thioether (sulfide) groups is 1. The Kier molecular flexibility index (Phi) is 4.12. The number of methoxy groups -OCH3 is 1. The predicted molar refractivity (Wildman–Crippen MR) is 57.5 cm³/mol. The van der Waals surface area contributed by atoms with Crippen molar-refractivity contribution in [1.82, 2.24) is 0 Å². The van der Waals surface area contributed by atoms with E-state index in [0.29, 0.717) is 6.54 Å². The number of hydrogen-bond donors (Lipinski definition) is 1. The van der Waals surface area contributed by atoms with Gasteiger partial charge >= 0.3 is 0 Å².